The Morgan fingerprint density at radius 3 is 2.29 bits per heavy atom. The number of amidine groups is 1. The Bertz CT molecular complexity index is 1010. The molecule has 1 heterocycles. The zero-order valence-corrected chi connectivity index (χ0v) is 15.2. The van der Waals surface area contributed by atoms with Gasteiger partial charge in [-0.05, 0) is 47.9 Å². The standard InChI is InChI=1S/C20H13BClF3N2O/c22-17-11-9-14(10-12-17)19-26-28-21(16-6-2-1-3-7-16)27(19)18-8-4-5-15(13-18)20(23,24)25/h1-13H. The van der Waals surface area contributed by atoms with Gasteiger partial charge in [-0.15, -0.1) is 0 Å². The van der Waals surface area contributed by atoms with Gasteiger partial charge in [0.1, 0.15) is 0 Å². The van der Waals surface area contributed by atoms with Crippen LogP contribution in [0.1, 0.15) is 11.1 Å². The van der Waals surface area contributed by atoms with Crippen molar-refractivity contribution >= 4 is 35.6 Å². The molecule has 0 unspecified atom stereocenters. The Kier molecular flexibility index (Phi) is 4.77. The van der Waals surface area contributed by atoms with Crippen LogP contribution in [0.15, 0.2) is 84.0 Å². The topological polar surface area (TPSA) is 24.8 Å². The summed E-state index contributed by atoms with van der Waals surface area (Å²) in [5.41, 5.74) is 1.04. The molecule has 140 valence electrons. The first kappa shape index (κ1) is 18.4. The van der Waals surface area contributed by atoms with Crippen LogP contribution in [0.25, 0.3) is 0 Å². The Hall–Kier alpha value is -2.93. The lowest BCUT2D eigenvalue weighted by Gasteiger charge is -2.24. The van der Waals surface area contributed by atoms with E-state index in [1.54, 1.807) is 35.1 Å². The van der Waals surface area contributed by atoms with Gasteiger partial charge in [0.25, 0.3) is 0 Å². The zero-order valence-electron chi connectivity index (χ0n) is 14.4. The number of halogens is 4. The van der Waals surface area contributed by atoms with Crippen molar-refractivity contribution in [2.24, 2.45) is 5.16 Å². The molecule has 3 aromatic rings. The summed E-state index contributed by atoms with van der Waals surface area (Å²) in [6.45, 7) is 0. The largest absolute Gasteiger partial charge is 0.550 e. The van der Waals surface area contributed by atoms with Crippen molar-refractivity contribution in [1.29, 1.82) is 0 Å². The molecule has 1 aliphatic rings. The molecule has 0 aromatic heterocycles. The molecule has 0 bridgehead atoms. The third-order valence-electron chi connectivity index (χ3n) is 4.34. The predicted octanol–water partition coefficient (Wildman–Crippen LogP) is 4.95. The number of oxime groups is 1. The van der Waals surface area contributed by atoms with Gasteiger partial charge in [0.15, 0.2) is 5.84 Å². The van der Waals surface area contributed by atoms with E-state index in [9.17, 15) is 13.2 Å². The molecule has 8 heteroatoms. The number of hydrogen-bond donors (Lipinski definition) is 0. The minimum Gasteiger partial charge on any atom is -0.432 e. The van der Waals surface area contributed by atoms with Crippen molar-refractivity contribution in [2.75, 3.05) is 4.81 Å². The first-order valence-electron chi connectivity index (χ1n) is 8.45. The molecular weight excluding hydrogens is 387 g/mol. The van der Waals surface area contributed by atoms with E-state index in [4.69, 9.17) is 16.4 Å². The second-order valence-electron chi connectivity index (χ2n) is 6.21. The predicted molar refractivity (Wildman–Crippen MR) is 105 cm³/mol. The maximum atomic E-state index is 13.2. The molecule has 1 aliphatic heterocycles. The molecule has 28 heavy (non-hydrogen) atoms. The smallest absolute Gasteiger partial charge is 0.432 e. The van der Waals surface area contributed by atoms with Gasteiger partial charge in [-0.25, -0.2) is 0 Å². The second kappa shape index (κ2) is 7.24. The van der Waals surface area contributed by atoms with Crippen LogP contribution >= 0.6 is 11.6 Å². The van der Waals surface area contributed by atoms with E-state index < -0.39 is 18.8 Å². The molecule has 0 saturated heterocycles. The SMILES string of the molecule is FC(F)(F)c1cccc(N2B(c3ccccc3)ON=C2c2ccc(Cl)cc2)c1. The van der Waals surface area contributed by atoms with E-state index in [0.717, 1.165) is 17.6 Å². The summed E-state index contributed by atoms with van der Waals surface area (Å²) in [4.78, 5) is 1.65. The van der Waals surface area contributed by atoms with Gasteiger partial charge in [-0.3, -0.25) is 0 Å². The van der Waals surface area contributed by atoms with Gasteiger partial charge >= 0.3 is 13.2 Å². The number of hydrogen-bond acceptors (Lipinski definition) is 3. The van der Waals surface area contributed by atoms with Crippen molar-refractivity contribution in [3.05, 3.63) is 95.0 Å². The van der Waals surface area contributed by atoms with Gasteiger partial charge in [0.05, 0.1) is 5.56 Å². The average molecular weight is 401 g/mol. The number of anilines is 1. The van der Waals surface area contributed by atoms with Gasteiger partial charge in [0.2, 0.25) is 0 Å². The van der Waals surface area contributed by atoms with Crippen molar-refractivity contribution in [1.82, 2.24) is 0 Å². The third kappa shape index (κ3) is 3.58. The van der Waals surface area contributed by atoms with Gasteiger partial charge < -0.3 is 9.57 Å². The van der Waals surface area contributed by atoms with Crippen molar-refractivity contribution in [3.63, 3.8) is 0 Å². The lowest BCUT2D eigenvalue weighted by Crippen LogP contribution is -2.49. The number of benzene rings is 3. The van der Waals surface area contributed by atoms with E-state index in [-0.39, 0.29) is 0 Å². The maximum absolute atomic E-state index is 13.2. The van der Waals surface area contributed by atoms with E-state index in [1.165, 1.54) is 6.07 Å². The lowest BCUT2D eigenvalue weighted by molar-refractivity contribution is -0.137. The molecule has 0 N–H and O–H groups in total. The van der Waals surface area contributed by atoms with Crippen LogP contribution in [0.2, 0.25) is 5.02 Å². The maximum Gasteiger partial charge on any atom is 0.550 e. The average Bonchev–Trinajstić information content (AvgIpc) is 3.14. The van der Waals surface area contributed by atoms with E-state index in [2.05, 4.69) is 5.16 Å². The van der Waals surface area contributed by atoms with Crippen LogP contribution in [-0.2, 0) is 10.9 Å². The molecule has 0 atom stereocenters. The first-order chi connectivity index (χ1) is 13.4. The molecule has 4 rings (SSSR count). The minimum atomic E-state index is -4.45. The molecule has 0 spiro atoms. The lowest BCUT2D eigenvalue weighted by atomic mass is 9.71. The number of nitrogens with zero attached hydrogens (tertiary/aromatic N) is 2. The highest BCUT2D eigenvalue weighted by Gasteiger charge is 2.41. The Labute approximate surface area is 165 Å². The van der Waals surface area contributed by atoms with Crippen LogP contribution in [0, 0.1) is 0 Å². The summed E-state index contributed by atoms with van der Waals surface area (Å²) < 4.78 is 45.4. The zero-order chi connectivity index (χ0) is 19.7. The van der Waals surface area contributed by atoms with Gasteiger partial charge in [-0.2, -0.15) is 13.2 Å². The number of alkyl halides is 3. The summed E-state index contributed by atoms with van der Waals surface area (Å²) in [5.74, 6) is 0.407. The highest BCUT2D eigenvalue weighted by Crippen LogP contribution is 2.33. The fourth-order valence-corrected chi connectivity index (χ4v) is 3.14. The molecule has 0 amide bonds. The highest BCUT2D eigenvalue weighted by atomic mass is 35.5. The van der Waals surface area contributed by atoms with Crippen molar-refractivity contribution in [2.45, 2.75) is 6.18 Å². The van der Waals surface area contributed by atoms with Crippen LogP contribution in [-0.4, -0.2) is 12.9 Å². The molecule has 0 aliphatic carbocycles. The molecule has 0 saturated carbocycles. The summed E-state index contributed by atoms with van der Waals surface area (Å²) in [6, 6.07) is 21.2. The quantitative estimate of drug-likeness (QED) is 0.581. The van der Waals surface area contributed by atoms with Crippen LogP contribution < -0.4 is 10.3 Å². The summed E-state index contributed by atoms with van der Waals surface area (Å²) >= 11 is 5.96. The third-order valence-corrected chi connectivity index (χ3v) is 4.59. The molecule has 0 radical (unpaired) electrons. The second-order valence-corrected chi connectivity index (χ2v) is 6.64. The van der Waals surface area contributed by atoms with E-state index in [1.807, 2.05) is 30.3 Å². The monoisotopic (exact) mass is 400 g/mol. The Morgan fingerprint density at radius 1 is 0.893 bits per heavy atom. The summed E-state index contributed by atoms with van der Waals surface area (Å²) in [5, 5.41) is 4.71. The van der Waals surface area contributed by atoms with Crippen LogP contribution in [0.3, 0.4) is 0 Å². The number of rotatable bonds is 3. The van der Waals surface area contributed by atoms with Crippen molar-refractivity contribution < 1.29 is 17.9 Å². The van der Waals surface area contributed by atoms with Crippen LogP contribution in [0.4, 0.5) is 18.9 Å². The van der Waals surface area contributed by atoms with Gasteiger partial charge in [0, 0.05) is 16.3 Å². The summed E-state index contributed by atoms with van der Waals surface area (Å²) in [7, 11) is -0.685. The summed E-state index contributed by atoms with van der Waals surface area (Å²) in [6.07, 6.45) is -4.45. The van der Waals surface area contributed by atoms with E-state index >= 15 is 0 Å². The van der Waals surface area contributed by atoms with Crippen LogP contribution in [0.5, 0.6) is 0 Å². The molecule has 0 fully saturated rings. The fourth-order valence-electron chi connectivity index (χ4n) is 3.01. The fraction of sp³-hybridized carbons (Fsp3) is 0.0500. The minimum absolute atomic E-state index is 0.329. The first-order valence-corrected chi connectivity index (χ1v) is 8.82. The molecular formula is C20H13BClF3N2O. The normalized spacial score (nSPS) is 14.1. The Balaban J connectivity index is 1.81. The highest BCUT2D eigenvalue weighted by molar-refractivity contribution is 6.76. The van der Waals surface area contributed by atoms with E-state index in [0.29, 0.717) is 22.1 Å². The van der Waals surface area contributed by atoms with Gasteiger partial charge in [-0.1, -0.05) is 53.2 Å². The Morgan fingerprint density at radius 2 is 1.61 bits per heavy atom. The van der Waals surface area contributed by atoms with Crippen molar-refractivity contribution in [3.8, 4) is 0 Å². The molecule has 3 nitrogen and oxygen atoms in total. The molecule has 3 aromatic carbocycles.